The van der Waals surface area contributed by atoms with E-state index in [4.69, 9.17) is 0 Å². The summed E-state index contributed by atoms with van der Waals surface area (Å²) in [5, 5.41) is 3.48. The van der Waals surface area contributed by atoms with Crippen LogP contribution in [0.4, 0.5) is 0 Å². The van der Waals surface area contributed by atoms with E-state index in [1.807, 2.05) is 0 Å². The highest BCUT2D eigenvalue weighted by atomic mass is 15.2. The molecule has 1 atom stereocenters. The monoisotopic (exact) mass is 196 g/mol. The van der Waals surface area contributed by atoms with E-state index in [2.05, 4.69) is 24.1 Å². The summed E-state index contributed by atoms with van der Waals surface area (Å²) in [7, 11) is 0. The summed E-state index contributed by atoms with van der Waals surface area (Å²) in [5.74, 6) is 0. The minimum absolute atomic E-state index is 0.602. The fourth-order valence-corrected chi connectivity index (χ4v) is 2.94. The Morgan fingerprint density at radius 2 is 2.07 bits per heavy atom. The van der Waals surface area contributed by atoms with Gasteiger partial charge in [0, 0.05) is 19.1 Å². The lowest BCUT2D eigenvalue weighted by molar-refractivity contribution is 0.198. The van der Waals surface area contributed by atoms with Crippen molar-refractivity contribution in [2.75, 3.05) is 26.2 Å². The van der Waals surface area contributed by atoms with Crippen LogP contribution in [-0.2, 0) is 0 Å². The van der Waals surface area contributed by atoms with Gasteiger partial charge in [-0.1, -0.05) is 13.8 Å². The van der Waals surface area contributed by atoms with Crippen molar-refractivity contribution in [2.45, 2.75) is 45.6 Å². The quantitative estimate of drug-likeness (QED) is 0.688. The molecule has 1 saturated heterocycles. The first-order valence-corrected chi connectivity index (χ1v) is 6.12. The molecule has 14 heavy (non-hydrogen) atoms. The molecule has 0 aromatic rings. The second-order valence-corrected chi connectivity index (χ2v) is 5.70. The maximum Gasteiger partial charge on any atom is 0.0110 e. The molecule has 1 heterocycles. The van der Waals surface area contributed by atoms with Gasteiger partial charge in [0.15, 0.2) is 0 Å². The van der Waals surface area contributed by atoms with Crippen molar-refractivity contribution in [3.8, 4) is 0 Å². The molecule has 0 radical (unpaired) electrons. The van der Waals surface area contributed by atoms with E-state index in [0.29, 0.717) is 5.41 Å². The van der Waals surface area contributed by atoms with Crippen molar-refractivity contribution in [3.05, 3.63) is 0 Å². The van der Waals surface area contributed by atoms with Crippen LogP contribution in [0, 0.1) is 5.41 Å². The van der Waals surface area contributed by atoms with Gasteiger partial charge in [-0.3, -0.25) is 4.90 Å². The molecule has 0 spiro atoms. The SMILES string of the molecule is CC1(C)CCC(N2CCCNCC2)C1. The predicted octanol–water partition coefficient (Wildman–Crippen LogP) is 1.86. The summed E-state index contributed by atoms with van der Waals surface area (Å²) in [4.78, 5) is 2.72. The fourth-order valence-electron chi connectivity index (χ4n) is 2.94. The van der Waals surface area contributed by atoms with Gasteiger partial charge < -0.3 is 5.32 Å². The first-order chi connectivity index (χ1) is 6.67. The van der Waals surface area contributed by atoms with Crippen LogP contribution in [0.3, 0.4) is 0 Å². The Balaban J connectivity index is 1.88. The van der Waals surface area contributed by atoms with Gasteiger partial charge in [0.25, 0.3) is 0 Å². The third kappa shape index (κ3) is 2.48. The van der Waals surface area contributed by atoms with E-state index in [0.717, 1.165) is 6.04 Å². The van der Waals surface area contributed by atoms with Gasteiger partial charge >= 0.3 is 0 Å². The van der Waals surface area contributed by atoms with Gasteiger partial charge in [-0.2, -0.15) is 0 Å². The van der Waals surface area contributed by atoms with Crippen LogP contribution < -0.4 is 5.32 Å². The molecule has 1 unspecified atom stereocenters. The smallest absolute Gasteiger partial charge is 0.0110 e. The lowest BCUT2D eigenvalue weighted by Crippen LogP contribution is -2.36. The minimum atomic E-state index is 0.602. The van der Waals surface area contributed by atoms with Crippen LogP contribution in [0.1, 0.15) is 39.5 Å². The summed E-state index contributed by atoms with van der Waals surface area (Å²) >= 11 is 0. The second-order valence-electron chi connectivity index (χ2n) is 5.70. The van der Waals surface area contributed by atoms with Crippen LogP contribution in [0.25, 0.3) is 0 Å². The standard InChI is InChI=1S/C12H24N2/c1-12(2)5-4-11(10-12)14-8-3-6-13-7-9-14/h11,13H,3-10H2,1-2H3. The van der Waals surface area contributed by atoms with Crippen molar-refractivity contribution in [3.63, 3.8) is 0 Å². The van der Waals surface area contributed by atoms with E-state index >= 15 is 0 Å². The summed E-state index contributed by atoms with van der Waals surface area (Å²) in [5.41, 5.74) is 0.602. The Morgan fingerprint density at radius 3 is 2.79 bits per heavy atom. The van der Waals surface area contributed by atoms with Crippen molar-refractivity contribution in [1.82, 2.24) is 10.2 Å². The average Bonchev–Trinajstić information content (AvgIpc) is 2.42. The fraction of sp³-hybridized carbons (Fsp3) is 1.00. The Labute approximate surface area is 88.1 Å². The first kappa shape index (κ1) is 10.4. The van der Waals surface area contributed by atoms with Crippen LogP contribution >= 0.6 is 0 Å². The minimum Gasteiger partial charge on any atom is -0.315 e. The molecule has 1 aliphatic carbocycles. The van der Waals surface area contributed by atoms with Gasteiger partial charge in [0.2, 0.25) is 0 Å². The molecule has 2 nitrogen and oxygen atoms in total. The Hall–Kier alpha value is -0.0800. The van der Waals surface area contributed by atoms with Gasteiger partial charge in [-0.25, -0.2) is 0 Å². The largest absolute Gasteiger partial charge is 0.315 e. The lowest BCUT2D eigenvalue weighted by Gasteiger charge is -2.28. The van der Waals surface area contributed by atoms with Crippen molar-refractivity contribution < 1.29 is 0 Å². The number of hydrogen-bond donors (Lipinski definition) is 1. The zero-order valence-corrected chi connectivity index (χ0v) is 9.68. The molecule has 2 rings (SSSR count). The Bertz CT molecular complexity index is 178. The van der Waals surface area contributed by atoms with Gasteiger partial charge in [0.05, 0.1) is 0 Å². The zero-order valence-electron chi connectivity index (χ0n) is 9.68. The van der Waals surface area contributed by atoms with Crippen molar-refractivity contribution in [1.29, 1.82) is 0 Å². The molecule has 2 fully saturated rings. The maximum absolute atomic E-state index is 3.48. The van der Waals surface area contributed by atoms with Crippen molar-refractivity contribution in [2.24, 2.45) is 5.41 Å². The average molecular weight is 196 g/mol. The lowest BCUT2D eigenvalue weighted by atomic mass is 9.91. The Kier molecular flexibility index (Phi) is 3.13. The topological polar surface area (TPSA) is 15.3 Å². The molecule has 1 aliphatic heterocycles. The maximum atomic E-state index is 3.48. The highest BCUT2D eigenvalue weighted by Gasteiger charge is 2.34. The molecule has 0 bridgehead atoms. The summed E-state index contributed by atoms with van der Waals surface area (Å²) < 4.78 is 0. The van der Waals surface area contributed by atoms with E-state index in [1.165, 1.54) is 51.9 Å². The summed E-state index contributed by atoms with van der Waals surface area (Å²) in [6.07, 6.45) is 5.58. The highest BCUT2D eigenvalue weighted by Crippen LogP contribution is 2.39. The first-order valence-electron chi connectivity index (χ1n) is 6.12. The summed E-state index contributed by atoms with van der Waals surface area (Å²) in [6.45, 7) is 9.82. The molecule has 82 valence electrons. The van der Waals surface area contributed by atoms with Gasteiger partial charge in [-0.05, 0) is 44.2 Å². The van der Waals surface area contributed by atoms with E-state index < -0.39 is 0 Å². The molecular formula is C12H24N2. The van der Waals surface area contributed by atoms with E-state index in [1.54, 1.807) is 0 Å². The van der Waals surface area contributed by atoms with Crippen LogP contribution in [-0.4, -0.2) is 37.1 Å². The van der Waals surface area contributed by atoms with E-state index in [-0.39, 0.29) is 0 Å². The molecule has 0 aromatic carbocycles. The number of hydrogen-bond acceptors (Lipinski definition) is 2. The predicted molar refractivity (Wildman–Crippen MR) is 60.5 cm³/mol. The third-order valence-electron chi connectivity index (χ3n) is 3.83. The number of nitrogens with one attached hydrogen (secondary N) is 1. The summed E-state index contributed by atoms with van der Waals surface area (Å²) in [6, 6.07) is 0.880. The molecule has 2 aliphatic rings. The Morgan fingerprint density at radius 1 is 1.21 bits per heavy atom. The van der Waals surface area contributed by atoms with Crippen LogP contribution in [0.5, 0.6) is 0 Å². The molecule has 1 N–H and O–H groups in total. The third-order valence-corrected chi connectivity index (χ3v) is 3.83. The number of rotatable bonds is 1. The molecular weight excluding hydrogens is 172 g/mol. The highest BCUT2D eigenvalue weighted by molar-refractivity contribution is 4.88. The van der Waals surface area contributed by atoms with Gasteiger partial charge in [-0.15, -0.1) is 0 Å². The zero-order chi connectivity index (χ0) is 10.0. The van der Waals surface area contributed by atoms with E-state index in [9.17, 15) is 0 Å². The normalized spacial score (nSPS) is 34.3. The van der Waals surface area contributed by atoms with Gasteiger partial charge in [0.1, 0.15) is 0 Å². The molecule has 1 saturated carbocycles. The number of nitrogens with zero attached hydrogens (tertiary/aromatic N) is 1. The molecule has 0 amide bonds. The molecule has 0 aromatic heterocycles. The molecule has 2 heteroatoms. The van der Waals surface area contributed by atoms with Crippen molar-refractivity contribution >= 4 is 0 Å². The second kappa shape index (κ2) is 4.19. The van der Waals surface area contributed by atoms with Crippen LogP contribution in [0.15, 0.2) is 0 Å². The van der Waals surface area contributed by atoms with Crippen LogP contribution in [0.2, 0.25) is 0 Å².